The zero-order valence-electron chi connectivity index (χ0n) is 20.0. The lowest BCUT2D eigenvalue weighted by Gasteiger charge is -2.28. The van der Waals surface area contributed by atoms with E-state index in [2.05, 4.69) is 48.9 Å². The van der Waals surface area contributed by atoms with Crippen molar-refractivity contribution in [2.45, 2.75) is 97.8 Å². The van der Waals surface area contributed by atoms with E-state index >= 15 is 0 Å². The number of unbranched alkanes of at least 4 members (excludes halogenated alkanes) is 4. The van der Waals surface area contributed by atoms with Crippen molar-refractivity contribution in [1.82, 2.24) is 9.97 Å². The average molecular weight is 423 g/mol. The Balaban J connectivity index is 1.45. The van der Waals surface area contributed by atoms with Gasteiger partial charge in [0.2, 0.25) is 0 Å². The van der Waals surface area contributed by atoms with Gasteiger partial charge in [-0.3, -0.25) is 0 Å². The van der Waals surface area contributed by atoms with Crippen LogP contribution >= 0.6 is 0 Å². The molecule has 0 saturated heterocycles. The first kappa shape index (κ1) is 23.8. The van der Waals surface area contributed by atoms with E-state index in [-0.39, 0.29) is 0 Å². The van der Waals surface area contributed by atoms with Gasteiger partial charge in [-0.15, -0.1) is 0 Å². The Kier molecular flexibility index (Phi) is 9.84. The van der Waals surface area contributed by atoms with Crippen LogP contribution in [0.15, 0.2) is 30.6 Å². The number of hydrogen-bond acceptors (Lipinski definition) is 3. The molecule has 1 aliphatic rings. The molecule has 3 rings (SSSR count). The topological polar surface area (TPSA) is 35.0 Å². The summed E-state index contributed by atoms with van der Waals surface area (Å²) in [5.41, 5.74) is 5.00. The molecule has 1 saturated carbocycles. The first-order valence-corrected chi connectivity index (χ1v) is 12.7. The maximum atomic E-state index is 5.95. The summed E-state index contributed by atoms with van der Waals surface area (Å²) in [6, 6.07) is 7.30. The highest BCUT2D eigenvalue weighted by atomic mass is 16.5. The molecule has 0 amide bonds. The molecule has 1 aromatic carbocycles. The van der Waals surface area contributed by atoms with Gasteiger partial charge in [0.25, 0.3) is 0 Å². The van der Waals surface area contributed by atoms with Crippen LogP contribution in [0.25, 0.3) is 11.1 Å². The van der Waals surface area contributed by atoms with E-state index in [0.29, 0.717) is 11.9 Å². The molecule has 0 aliphatic heterocycles. The molecule has 0 atom stereocenters. The van der Waals surface area contributed by atoms with Crippen molar-refractivity contribution in [3.63, 3.8) is 0 Å². The molecule has 0 unspecified atom stereocenters. The molecule has 3 heteroatoms. The van der Waals surface area contributed by atoms with Crippen LogP contribution in [0, 0.1) is 18.8 Å². The summed E-state index contributed by atoms with van der Waals surface area (Å²) in [6.45, 7) is 7.48. The Bertz CT molecular complexity index is 763. The van der Waals surface area contributed by atoms with Gasteiger partial charge in [0.05, 0.1) is 6.61 Å². The first-order chi connectivity index (χ1) is 15.2. The fourth-order valence-electron chi connectivity index (χ4n) is 4.88. The van der Waals surface area contributed by atoms with Gasteiger partial charge in [0.1, 0.15) is 0 Å². The Labute approximate surface area is 190 Å². The lowest BCUT2D eigenvalue weighted by atomic mass is 9.80. The number of benzene rings is 1. The highest BCUT2D eigenvalue weighted by Crippen LogP contribution is 2.32. The molecule has 170 valence electrons. The molecule has 0 spiro atoms. The molecule has 31 heavy (non-hydrogen) atoms. The largest absolute Gasteiger partial charge is 0.463 e. The first-order valence-electron chi connectivity index (χ1n) is 12.7. The SMILES string of the molecule is CCCCCc1ccc(-c2cnc(OC[C@H]3CC[C@H](CCCCC)CC3)nc2)c(C)c1. The predicted molar refractivity (Wildman–Crippen MR) is 131 cm³/mol. The molecule has 0 N–H and O–H groups in total. The van der Waals surface area contributed by atoms with Crippen LogP contribution in [0.4, 0.5) is 0 Å². The number of ether oxygens (including phenoxy) is 1. The second-order valence-electron chi connectivity index (χ2n) is 9.55. The molecule has 1 aliphatic carbocycles. The van der Waals surface area contributed by atoms with Gasteiger partial charge >= 0.3 is 6.01 Å². The monoisotopic (exact) mass is 422 g/mol. The molecular formula is C28H42N2O. The van der Waals surface area contributed by atoms with Crippen LogP contribution in [0.2, 0.25) is 0 Å². The van der Waals surface area contributed by atoms with Gasteiger partial charge in [-0.1, -0.05) is 83.4 Å². The van der Waals surface area contributed by atoms with Crippen LogP contribution in [0.5, 0.6) is 6.01 Å². The molecule has 1 aromatic heterocycles. The minimum absolute atomic E-state index is 0.516. The minimum atomic E-state index is 0.516. The van der Waals surface area contributed by atoms with Gasteiger partial charge in [0.15, 0.2) is 0 Å². The summed E-state index contributed by atoms with van der Waals surface area (Å²) in [5, 5.41) is 0. The second kappa shape index (κ2) is 12.8. The summed E-state index contributed by atoms with van der Waals surface area (Å²) in [6.07, 6.45) is 19.7. The van der Waals surface area contributed by atoms with Gasteiger partial charge in [-0.25, -0.2) is 9.97 Å². The molecule has 0 bridgehead atoms. The third kappa shape index (κ3) is 7.63. The van der Waals surface area contributed by atoms with Gasteiger partial charge < -0.3 is 4.74 Å². The standard InChI is InChI=1S/C28H42N2O/c1-4-6-8-10-23-12-14-25(15-13-23)21-31-28-29-19-26(20-30-28)27-17-16-24(18-22(27)3)11-9-7-5-2/h16-20,23,25H,4-15,21H2,1-3H3/t23-,25-. The van der Waals surface area contributed by atoms with E-state index in [9.17, 15) is 0 Å². The zero-order valence-corrected chi connectivity index (χ0v) is 20.0. The third-order valence-corrected chi connectivity index (χ3v) is 6.93. The lowest BCUT2D eigenvalue weighted by Crippen LogP contribution is -2.20. The molecule has 0 radical (unpaired) electrons. The van der Waals surface area contributed by atoms with Crippen molar-refractivity contribution < 1.29 is 4.74 Å². The zero-order chi connectivity index (χ0) is 21.9. The average Bonchev–Trinajstić information content (AvgIpc) is 2.79. The van der Waals surface area contributed by atoms with Gasteiger partial charge in [-0.2, -0.15) is 0 Å². The van der Waals surface area contributed by atoms with Crippen LogP contribution < -0.4 is 4.74 Å². The Morgan fingerprint density at radius 1 is 0.871 bits per heavy atom. The van der Waals surface area contributed by atoms with Crippen molar-refractivity contribution in [1.29, 1.82) is 0 Å². The number of aromatic nitrogens is 2. The van der Waals surface area contributed by atoms with Crippen molar-refractivity contribution in [3.8, 4) is 17.1 Å². The maximum Gasteiger partial charge on any atom is 0.316 e. The number of hydrogen-bond donors (Lipinski definition) is 0. The number of nitrogens with zero attached hydrogens (tertiary/aromatic N) is 2. The maximum absolute atomic E-state index is 5.95. The summed E-state index contributed by atoms with van der Waals surface area (Å²) in [7, 11) is 0. The predicted octanol–water partition coefficient (Wildman–Crippen LogP) is 7.95. The Hall–Kier alpha value is -1.90. The summed E-state index contributed by atoms with van der Waals surface area (Å²) in [5.74, 6) is 1.60. The molecule has 3 nitrogen and oxygen atoms in total. The fourth-order valence-corrected chi connectivity index (χ4v) is 4.88. The third-order valence-electron chi connectivity index (χ3n) is 6.93. The molecule has 1 fully saturated rings. The van der Waals surface area contributed by atoms with E-state index in [4.69, 9.17) is 4.74 Å². The van der Waals surface area contributed by atoms with E-state index < -0.39 is 0 Å². The smallest absolute Gasteiger partial charge is 0.316 e. The summed E-state index contributed by atoms with van der Waals surface area (Å²) < 4.78 is 5.95. The van der Waals surface area contributed by atoms with E-state index in [0.717, 1.165) is 18.1 Å². The quantitative estimate of drug-likeness (QED) is 0.325. The molecule has 2 aromatic rings. The lowest BCUT2D eigenvalue weighted by molar-refractivity contribution is 0.169. The van der Waals surface area contributed by atoms with Crippen LogP contribution in [0.1, 0.15) is 95.6 Å². The minimum Gasteiger partial charge on any atom is -0.463 e. The Morgan fingerprint density at radius 2 is 1.55 bits per heavy atom. The van der Waals surface area contributed by atoms with E-state index in [1.165, 1.54) is 93.7 Å². The van der Waals surface area contributed by atoms with Crippen molar-refractivity contribution in [2.75, 3.05) is 6.61 Å². The van der Waals surface area contributed by atoms with Crippen molar-refractivity contribution >= 4 is 0 Å². The van der Waals surface area contributed by atoms with Crippen LogP contribution in [0.3, 0.4) is 0 Å². The van der Waals surface area contributed by atoms with Gasteiger partial charge in [0, 0.05) is 18.0 Å². The van der Waals surface area contributed by atoms with E-state index in [1.807, 2.05) is 12.4 Å². The van der Waals surface area contributed by atoms with Gasteiger partial charge in [-0.05, 0) is 61.1 Å². The second-order valence-corrected chi connectivity index (χ2v) is 9.55. The highest BCUT2D eigenvalue weighted by molar-refractivity contribution is 5.66. The normalized spacial score (nSPS) is 18.8. The van der Waals surface area contributed by atoms with E-state index in [1.54, 1.807) is 0 Å². The van der Waals surface area contributed by atoms with Crippen molar-refractivity contribution in [2.24, 2.45) is 11.8 Å². The van der Waals surface area contributed by atoms with Crippen LogP contribution in [-0.2, 0) is 6.42 Å². The molecular weight excluding hydrogens is 380 g/mol. The Morgan fingerprint density at radius 3 is 2.23 bits per heavy atom. The summed E-state index contributed by atoms with van der Waals surface area (Å²) in [4.78, 5) is 8.99. The molecule has 1 heterocycles. The summed E-state index contributed by atoms with van der Waals surface area (Å²) >= 11 is 0. The fraction of sp³-hybridized carbons (Fsp3) is 0.643. The highest BCUT2D eigenvalue weighted by Gasteiger charge is 2.21. The van der Waals surface area contributed by atoms with Crippen molar-refractivity contribution in [3.05, 3.63) is 41.7 Å². The number of rotatable bonds is 12. The number of aryl methyl sites for hydroxylation is 2. The van der Waals surface area contributed by atoms with Crippen LogP contribution in [-0.4, -0.2) is 16.6 Å².